The summed E-state index contributed by atoms with van der Waals surface area (Å²) in [6.45, 7) is 0.514. The summed E-state index contributed by atoms with van der Waals surface area (Å²) in [6.07, 6.45) is 9.99. The van der Waals surface area contributed by atoms with E-state index in [1.807, 2.05) is 18.2 Å². The van der Waals surface area contributed by atoms with E-state index >= 15 is 0 Å². The van der Waals surface area contributed by atoms with Gasteiger partial charge in [-0.05, 0) is 17.2 Å². The molecule has 1 fully saturated rings. The average Bonchev–Trinajstić information content (AvgIpc) is 2.86. The van der Waals surface area contributed by atoms with Crippen LogP contribution >= 0.6 is 0 Å². The highest BCUT2D eigenvalue weighted by Gasteiger charge is 2.42. The lowest BCUT2D eigenvalue weighted by atomic mass is 9.96. The maximum absolute atomic E-state index is 11.7. The predicted molar refractivity (Wildman–Crippen MR) is 64.3 cm³/mol. The molecule has 2 N–H and O–H groups in total. The predicted octanol–water partition coefficient (Wildman–Crippen LogP) is 0.199. The van der Waals surface area contributed by atoms with E-state index in [-0.39, 0.29) is 24.0 Å². The van der Waals surface area contributed by atoms with Crippen molar-refractivity contribution < 1.29 is 9.59 Å². The lowest BCUT2D eigenvalue weighted by molar-refractivity contribution is -0.116. The molecular formula is C13H11N3O2. The van der Waals surface area contributed by atoms with Crippen LogP contribution in [-0.4, -0.2) is 35.5 Å². The molecule has 0 radical (unpaired) electrons. The Kier molecular flexibility index (Phi) is 1.75. The molecule has 4 rings (SSSR count). The molecule has 0 aromatic rings. The van der Waals surface area contributed by atoms with Gasteiger partial charge in [0.15, 0.2) is 0 Å². The fourth-order valence-corrected chi connectivity index (χ4v) is 2.92. The zero-order valence-corrected chi connectivity index (χ0v) is 9.51. The van der Waals surface area contributed by atoms with Crippen LogP contribution in [0.25, 0.3) is 0 Å². The third-order valence-electron chi connectivity index (χ3n) is 3.76. The molecule has 2 unspecified atom stereocenters. The number of hydrogen-bond donors (Lipinski definition) is 2. The Hall–Kier alpha value is -2.14. The molecule has 5 nitrogen and oxygen atoms in total. The number of urea groups is 1. The number of imide groups is 1. The molecule has 0 aromatic heterocycles. The first-order chi connectivity index (χ1) is 8.74. The van der Waals surface area contributed by atoms with Crippen molar-refractivity contribution in [2.75, 3.05) is 6.54 Å². The number of allylic oxidation sites excluding steroid dienone is 2. The van der Waals surface area contributed by atoms with Gasteiger partial charge in [0, 0.05) is 6.54 Å². The largest absolute Gasteiger partial charge is 0.329 e. The van der Waals surface area contributed by atoms with Crippen LogP contribution in [0.1, 0.15) is 0 Å². The fourth-order valence-electron chi connectivity index (χ4n) is 2.92. The minimum Gasteiger partial charge on any atom is -0.298 e. The Balaban J connectivity index is 1.84. The van der Waals surface area contributed by atoms with Crippen molar-refractivity contribution in [1.82, 2.24) is 15.5 Å². The molecule has 18 heavy (non-hydrogen) atoms. The van der Waals surface area contributed by atoms with E-state index in [1.165, 1.54) is 10.5 Å². The number of nitrogens with one attached hydrogen (secondary N) is 2. The van der Waals surface area contributed by atoms with Crippen molar-refractivity contribution in [3.8, 4) is 0 Å². The second-order valence-corrected chi connectivity index (χ2v) is 4.75. The van der Waals surface area contributed by atoms with Gasteiger partial charge in [0.2, 0.25) is 0 Å². The average molecular weight is 241 g/mol. The summed E-state index contributed by atoms with van der Waals surface area (Å²) in [6, 6.07) is -0.0131. The van der Waals surface area contributed by atoms with E-state index in [4.69, 9.17) is 0 Å². The van der Waals surface area contributed by atoms with Crippen LogP contribution in [-0.2, 0) is 4.79 Å². The number of carbonyl (C=O) groups is 2. The van der Waals surface area contributed by atoms with Gasteiger partial charge in [-0.1, -0.05) is 24.3 Å². The van der Waals surface area contributed by atoms with E-state index in [2.05, 4.69) is 22.8 Å². The maximum atomic E-state index is 11.7. The van der Waals surface area contributed by atoms with Crippen LogP contribution < -0.4 is 10.6 Å². The summed E-state index contributed by atoms with van der Waals surface area (Å²) in [5.74, 6) is -0.301. The number of amides is 3. The molecule has 3 amide bonds. The first-order valence-electron chi connectivity index (χ1n) is 5.93. The number of fused-ring (bicyclic) bond motifs is 3. The van der Waals surface area contributed by atoms with Crippen LogP contribution in [0.15, 0.2) is 47.2 Å². The van der Waals surface area contributed by atoms with Crippen LogP contribution in [0, 0.1) is 0 Å². The topological polar surface area (TPSA) is 61.4 Å². The van der Waals surface area contributed by atoms with Gasteiger partial charge in [0.05, 0.1) is 12.1 Å². The standard InChI is InChI=1S/C13H11N3O2/c17-12-11-5-8-7-3-1-2-4-9(7)14-10(8)6-16(11)13(18)15-12/h1-5,9-10,14H,6H2,(H,15,17,18). The SMILES string of the molecule is O=C1NC(=O)N2CC3NC4C=CC=CC4=C3C=C12. The summed E-state index contributed by atoms with van der Waals surface area (Å²) in [5, 5.41) is 5.77. The Morgan fingerprint density at radius 3 is 3.00 bits per heavy atom. The zero-order chi connectivity index (χ0) is 12.3. The third-order valence-corrected chi connectivity index (χ3v) is 3.76. The Labute approximate surface area is 104 Å². The molecule has 5 heteroatoms. The zero-order valence-electron chi connectivity index (χ0n) is 9.51. The smallest absolute Gasteiger partial charge is 0.298 e. The molecule has 3 aliphatic heterocycles. The molecule has 4 aliphatic rings. The van der Waals surface area contributed by atoms with Crippen LogP contribution in [0.2, 0.25) is 0 Å². The molecule has 1 aliphatic carbocycles. The minimum absolute atomic E-state index is 0.109. The lowest BCUT2D eigenvalue weighted by Gasteiger charge is -2.26. The second-order valence-electron chi connectivity index (χ2n) is 4.75. The van der Waals surface area contributed by atoms with E-state index < -0.39 is 0 Å². The summed E-state index contributed by atoms with van der Waals surface area (Å²) in [4.78, 5) is 24.8. The molecule has 90 valence electrons. The first kappa shape index (κ1) is 9.85. The molecule has 3 heterocycles. The van der Waals surface area contributed by atoms with Gasteiger partial charge in [-0.3, -0.25) is 20.3 Å². The highest BCUT2D eigenvalue weighted by molar-refractivity contribution is 6.12. The Morgan fingerprint density at radius 2 is 2.11 bits per heavy atom. The van der Waals surface area contributed by atoms with Crippen molar-refractivity contribution >= 4 is 11.9 Å². The van der Waals surface area contributed by atoms with E-state index in [9.17, 15) is 9.59 Å². The van der Waals surface area contributed by atoms with Crippen LogP contribution in [0.3, 0.4) is 0 Å². The number of rotatable bonds is 0. The highest BCUT2D eigenvalue weighted by atomic mass is 16.2. The van der Waals surface area contributed by atoms with Gasteiger partial charge in [-0.25, -0.2) is 4.79 Å². The molecule has 1 saturated heterocycles. The van der Waals surface area contributed by atoms with Gasteiger partial charge < -0.3 is 0 Å². The van der Waals surface area contributed by atoms with Crippen LogP contribution in [0.5, 0.6) is 0 Å². The van der Waals surface area contributed by atoms with Crippen molar-refractivity contribution in [2.45, 2.75) is 12.1 Å². The Morgan fingerprint density at radius 1 is 1.22 bits per heavy atom. The normalized spacial score (nSPS) is 32.2. The van der Waals surface area contributed by atoms with Gasteiger partial charge in [0.25, 0.3) is 5.91 Å². The fraction of sp³-hybridized carbons (Fsp3) is 0.231. The van der Waals surface area contributed by atoms with Crippen molar-refractivity contribution in [1.29, 1.82) is 0 Å². The summed E-state index contributed by atoms with van der Waals surface area (Å²) >= 11 is 0. The molecule has 0 spiro atoms. The summed E-state index contributed by atoms with van der Waals surface area (Å²) in [5.41, 5.74) is 2.78. The number of carbonyl (C=O) groups excluding carboxylic acids is 2. The van der Waals surface area contributed by atoms with Crippen LogP contribution in [0.4, 0.5) is 4.79 Å². The summed E-state index contributed by atoms with van der Waals surface area (Å²) in [7, 11) is 0. The van der Waals surface area contributed by atoms with Crippen molar-refractivity contribution in [2.24, 2.45) is 0 Å². The minimum atomic E-state index is -0.321. The van der Waals surface area contributed by atoms with Gasteiger partial charge in [0.1, 0.15) is 5.70 Å². The number of nitrogens with zero attached hydrogens (tertiary/aromatic N) is 1. The van der Waals surface area contributed by atoms with Gasteiger partial charge in [-0.2, -0.15) is 0 Å². The molecule has 0 saturated carbocycles. The summed E-state index contributed by atoms with van der Waals surface area (Å²) < 4.78 is 0. The monoisotopic (exact) mass is 241 g/mol. The van der Waals surface area contributed by atoms with Crippen molar-refractivity contribution in [3.63, 3.8) is 0 Å². The van der Waals surface area contributed by atoms with Gasteiger partial charge >= 0.3 is 6.03 Å². The van der Waals surface area contributed by atoms with E-state index in [0.717, 1.165) is 5.57 Å². The second kappa shape index (κ2) is 3.20. The highest BCUT2D eigenvalue weighted by Crippen LogP contribution is 2.33. The third kappa shape index (κ3) is 1.14. The van der Waals surface area contributed by atoms with Gasteiger partial charge in [-0.15, -0.1) is 0 Å². The van der Waals surface area contributed by atoms with E-state index in [1.54, 1.807) is 0 Å². The van der Waals surface area contributed by atoms with E-state index in [0.29, 0.717) is 12.2 Å². The van der Waals surface area contributed by atoms with Crippen molar-refractivity contribution in [3.05, 3.63) is 47.2 Å². The lowest BCUT2D eigenvalue weighted by Crippen LogP contribution is -2.44. The quantitative estimate of drug-likeness (QED) is 0.595. The maximum Gasteiger partial charge on any atom is 0.329 e. The number of hydrogen-bond acceptors (Lipinski definition) is 3. The Bertz CT molecular complexity index is 597. The molecule has 0 bridgehead atoms. The molecule has 2 atom stereocenters. The molecule has 0 aromatic carbocycles. The molecular weight excluding hydrogens is 230 g/mol. The first-order valence-corrected chi connectivity index (χ1v) is 5.93.